The van der Waals surface area contributed by atoms with Crippen LogP contribution in [-0.2, 0) is 9.47 Å². The van der Waals surface area contributed by atoms with Gasteiger partial charge < -0.3 is 14.6 Å². The van der Waals surface area contributed by atoms with Gasteiger partial charge in [-0.3, -0.25) is 0 Å². The van der Waals surface area contributed by atoms with Crippen molar-refractivity contribution in [3.05, 3.63) is 29.8 Å². The van der Waals surface area contributed by atoms with Crippen LogP contribution in [-0.4, -0.2) is 24.6 Å². The average molecular weight is 276 g/mol. The second-order valence-corrected chi connectivity index (χ2v) is 6.06. The molecule has 1 N–H and O–H groups in total. The van der Waals surface area contributed by atoms with E-state index in [1.54, 1.807) is 12.1 Å². The van der Waals surface area contributed by atoms with Crippen molar-refractivity contribution < 1.29 is 14.6 Å². The zero-order valence-electron chi connectivity index (χ0n) is 12.0. The molecule has 0 aromatic heterocycles. The molecule has 3 heteroatoms. The summed E-state index contributed by atoms with van der Waals surface area (Å²) >= 11 is 0. The van der Waals surface area contributed by atoms with Crippen LogP contribution >= 0.6 is 0 Å². The van der Waals surface area contributed by atoms with Crippen molar-refractivity contribution in [2.75, 3.05) is 13.2 Å². The average Bonchev–Trinajstić information content (AvgIpc) is 3.00. The van der Waals surface area contributed by atoms with Crippen LogP contribution in [0.4, 0.5) is 0 Å². The summed E-state index contributed by atoms with van der Waals surface area (Å²) in [6, 6.07) is 7.74. The lowest BCUT2D eigenvalue weighted by atomic mass is 9.77. The molecule has 3 rings (SSSR count). The van der Waals surface area contributed by atoms with Crippen LogP contribution in [0.5, 0.6) is 5.75 Å². The van der Waals surface area contributed by atoms with Crippen molar-refractivity contribution in [1.82, 2.24) is 0 Å². The maximum absolute atomic E-state index is 9.35. The smallest absolute Gasteiger partial charge is 0.157 e. The van der Waals surface area contributed by atoms with Crippen molar-refractivity contribution in [2.45, 2.75) is 50.7 Å². The summed E-state index contributed by atoms with van der Waals surface area (Å²) < 4.78 is 11.0. The van der Waals surface area contributed by atoms with Gasteiger partial charge in [0.25, 0.3) is 0 Å². The first kappa shape index (κ1) is 13.9. The molecule has 1 heterocycles. The molecule has 0 bridgehead atoms. The zero-order chi connectivity index (χ0) is 13.8. The van der Waals surface area contributed by atoms with Crippen LogP contribution in [0, 0.1) is 5.92 Å². The van der Waals surface area contributed by atoms with Gasteiger partial charge in [0.15, 0.2) is 6.29 Å². The van der Waals surface area contributed by atoms with E-state index in [-0.39, 0.29) is 6.29 Å². The van der Waals surface area contributed by atoms with Crippen molar-refractivity contribution in [2.24, 2.45) is 5.92 Å². The molecule has 1 saturated carbocycles. The van der Waals surface area contributed by atoms with Gasteiger partial charge in [0.1, 0.15) is 5.75 Å². The van der Waals surface area contributed by atoms with Gasteiger partial charge in [-0.05, 0) is 68.1 Å². The standard InChI is InChI=1S/C17H24O3/c18-16-8-6-15(7-9-16)14-4-1-13(2-5-14)3-10-17-19-11-12-20-17/h6-9,13-14,17-18H,1-5,10-12H2/t13-,14-. The molecule has 0 radical (unpaired) electrons. The maximum Gasteiger partial charge on any atom is 0.157 e. The number of hydrogen-bond acceptors (Lipinski definition) is 3. The Balaban J connectivity index is 1.43. The SMILES string of the molecule is Oc1ccc([C@H]2CC[C@H](CCC3OCCO3)CC2)cc1. The summed E-state index contributed by atoms with van der Waals surface area (Å²) in [5, 5.41) is 9.35. The third kappa shape index (κ3) is 3.53. The van der Waals surface area contributed by atoms with E-state index in [0.29, 0.717) is 11.7 Å². The highest BCUT2D eigenvalue weighted by Crippen LogP contribution is 2.38. The Morgan fingerprint density at radius 3 is 2.20 bits per heavy atom. The highest BCUT2D eigenvalue weighted by Gasteiger charge is 2.24. The number of phenolic OH excluding ortho intramolecular Hbond substituents is 1. The third-order valence-corrected chi connectivity index (χ3v) is 4.71. The van der Waals surface area contributed by atoms with Crippen LogP contribution in [0.15, 0.2) is 24.3 Å². The summed E-state index contributed by atoms with van der Waals surface area (Å²) in [7, 11) is 0. The van der Waals surface area contributed by atoms with Crippen molar-refractivity contribution >= 4 is 0 Å². The molecular weight excluding hydrogens is 252 g/mol. The molecule has 1 saturated heterocycles. The fourth-order valence-electron chi connectivity index (χ4n) is 3.48. The van der Waals surface area contributed by atoms with Crippen molar-refractivity contribution in [1.29, 1.82) is 0 Å². The number of aromatic hydroxyl groups is 1. The topological polar surface area (TPSA) is 38.7 Å². The van der Waals surface area contributed by atoms with Gasteiger partial charge >= 0.3 is 0 Å². The predicted molar refractivity (Wildman–Crippen MR) is 77.7 cm³/mol. The Labute approximate surface area is 120 Å². The molecule has 0 amide bonds. The van der Waals surface area contributed by atoms with E-state index < -0.39 is 0 Å². The molecule has 0 spiro atoms. The van der Waals surface area contributed by atoms with Gasteiger partial charge in [0, 0.05) is 0 Å². The van der Waals surface area contributed by atoms with Gasteiger partial charge in [-0.2, -0.15) is 0 Å². The van der Waals surface area contributed by atoms with Crippen LogP contribution in [0.3, 0.4) is 0 Å². The summed E-state index contributed by atoms with van der Waals surface area (Å²) in [5.41, 5.74) is 1.38. The number of rotatable bonds is 4. The Hall–Kier alpha value is -1.06. The number of benzene rings is 1. The molecule has 1 aliphatic carbocycles. The minimum Gasteiger partial charge on any atom is -0.508 e. The maximum atomic E-state index is 9.35. The number of phenols is 1. The van der Waals surface area contributed by atoms with Gasteiger partial charge in [-0.1, -0.05) is 12.1 Å². The highest BCUT2D eigenvalue weighted by molar-refractivity contribution is 5.28. The molecule has 2 fully saturated rings. The summed E-state index contributed by atoms with van der Waals surface area (Å²) in [5.74, 6) is 1.86. The van der Waals surface area contributed by atoms with Gasteiger partial charge in [0.2, 0.25) is 0 Å². The van der Waals surface area contributed by atoms with Crippen molar-refractivity contribution in [3.8, 4) is 5.75 Å². The lowest BCUT2D eigenvalue weighted by molar-refractivity contribution is -0.0509. The van der Waals surface area contributed by atoms with Gasteiger partial charge in [0.05, 0.1) is 13.2 Å². The van der Waals surface area contributed by atoms with Crippen LogP contribution in [0.2, 0.25) is 0 Å². The molecule has 110 valence electrons. The molecule has 0 atom stereocenters. The third-order valence-electron chi connectivity index (χ3n) is 4.71. The fraction of sp³-hybridized carbons (Fsp3) is 0.647. The quantitative estimate of drug-likeness (QED) is 0.908. The zero-order valence-corrected chi connectivity index (χ0v) is 12.0. The summed E-state index contributed by atoms with van der Waals surface area (Å²) in [6.45, 7) is 1.52. The Kier molecular flexibility index (Phi) is 4.58. The first-order chi connectivity index (χ1) is 9.81. The van der Waals surface area contributed by atoms with E-state index in [9.17, 15) is 5.11 Å². The van der Waals surface area contributed by atoms with E-state index in [1.807, 2.05) is 0 Å². The van der Waals surface area contributed by atoms with Gasteiger partial charge in [-0.15, -0.1) is 0 Å². The first-order valence-electron chi connectivity index (χ1n) is 7.83. The Bertz CT molecular complexity index is 401. The lowest BCUT2D eigenvalue weighted by Gasteiger charge is -2.29. The molecule has 3 nitrogen and oxygen atoms in total. The molecule has 1 aromatic rings. The van der Waals surface area contributed by atoms with E-state index in [0.717, 1.165) is 25.6 Å². The molecule has 1 aromatic carbocycles. The second-order valence-electron chi connectivity index (χ2n) is 6.06. The van der Waals surface area contributed by atoms with Crippen molar-refractivity contribution in [3.63, 3.8) is 0 Å². The molecule has 2 aliphatic rings. The normalized spacial score (nSPS) is 27.8. The molecule has 0 unspecified atom stereocenters. The van der Waals surface area contributed by atoms with Gasteiger partial charge in [-0.25, -0.2) is 0 Å². The second kappa shape index (κ2) is 6.59. The number of ether oxygens (including phenoxy) is 2. The lowest BCUT2D eigenvalue weighted by Crippen LogP contribution is -2.16. The number of hydrogen-bond donors (Lipinski definition) is 1. The van der Waals surface area contributed by atoms with E-state index in [2.05, 4.69) is 12.1 Å². The van der Waals surface area contributed by atoms with E-state index >= 15 is 0 Å². The van der Waals surface area contributed by atoms with E-state index in [4.69, 9.17) is 9.47 Å². The Morgan fingerprint density at radius 1 is 0.900 bits per heavy atom. The predicted octanol–water partition coefficient (Wildman–Crippen LogP) is 3.82. The molecule has 20 heavy (non-hydrogen) atoms. The molecular formula is C17H24O3. The van der Waals surface area contributed by atoms with Crippen LogP contribution in [0.25, 0.3) is 0 Å². The minimum absolute atomic E-state index is 0.0600. The first-order valence-corrected chi connectivity index (χ1v) is 7.83. The monoisotopic (exact) mass is 276 g/mol. The minimum atomic E-state index is 0.0600. The summed E-state index contributed by atoms with van der Waals surface area (Å²) in [4.78, 5) is 0. The van der Waals surface area contributed by atoms with Crippen LogP contribution < -0.4 is 0 Å². The van der Waals surface area contributed by atoms with Crippen LogP contribution in [0.1, 0.15) is 50.0 Å². The summed E-state index contributed by atoms with van der Waals surface area (Å²) in [6.07, 6.45) is 7.48. The fourth-order valence-corrected chi connectivity index (χ4v) is 3.48. The van der Waals surface area contributed by atoms with E-state index in [1.165, 1.54) is 37.7 Å². The largest absolute Gasteiger partial charge is 0.508 e. The Morgan fingerprint density at radius 2 is 1.55 bits per heavy atom. The highest BCUT2D eigenvalue weighted by atomic mass is 16.7. The molecule has 1 aliphatic heterocycles.